The number of phosphoric ester groups is 1. The van der Waals surface area contributed by atoms with E-state index in [4.69, 9.17) is 13.8 Å². The highest BCUT2D eigenvalue weighted by Crippen LogP contribution is 2.38. The molecule has 0 radical (unpaired) electrons. The molecule has 3 atom stereocenters. The molecule has 406 valence electrons. The van der Waals surface area contributed by atoms with Crippen molar-refractivity contribution in [3.8, 4) is 0 Å². The number of nitrogens with one attached hydrogen (secondary N) is 1. The van der Waals surface area contributed by atoms with Crippen LogP contribution in [0, 0.1) is 0 Å². The Balaban J connectivity index is 5.29. The van der Waals surface area contributed by atoms with Gasteiger partial charge in [0.15, 0.2) is 0 Å². The van der Waals surface area contributed by atoms with E-state index >= 15 is 0 Å². The molecule has 0 saturated carbocycles. The highest BCUT2D eigenvalue weighted by atomic mass is 31.2. The number of phosphoric acid groups is 1. The Bertz CT molecular complexity index is 1280. The van der Waals surface area contributed by atoms with Gasteiger partial charge in [0.05, 0.1) is 33.8 Å². The van der Waals surface area contributed by atoms with Gasteiger partial charge < -0.3 is 28.5 Å². The summed E-state index contributed by atoms with van der Waals surface area (Å²) in [5, 5.41) is 3.02. The quantitative estimate of drug-likeness (QED) is 0.0212. The van der Waals surface area contributed by atoms with Crippen molar-refractivity contribution in [1.82, 2.24) is 5.32 Å². The molecule has 1 N–H and O–H groups in total. The van der Waals surface area contributed by atoms with Crippen molar-refractivity contribution in [2.45, 2.75) is 290 Å². The second-order valence-electron chi connectivity index (χ2n) is 21.2. The fourth-order valence-corrected chi connectivity index (χ4v) is 9.22. The van der Waals surface area contributed by atoms with Crippen molar-refractivity contribution in [1.29, 1.82) is 0 Å². The third kappa shape index (κ3) is 51.0. The van der Waals surface area contributed by atoms with Gasteiger partial charge in [-0.3, -0.25) is 14.2 Å². The Labute approximate surface area is 427 Å². The average Bonchev–Trinajstić information content (AvgIpc) is 3.31. The van der Waals surface area contributed by atoms with Crippen LogP contribution in [0.5, 0.6) is 0 Å². The largest absolute Gasteiger partial charge is 0.756 e. The summed E-state index contributed by atoms with van der Waals surface area (Å²) in [6.07, 6.45) is 58.1. The van der Waals surface area contributed by atoms with Crippen LogP contribution in [0.2, 0.25) is 0 Å². The van der Waals surface area contributed by atoms with Crippen molar-refractivity contribution in [2.24, 2.45) is 0 Å². The van der Waals surface area contributed by atoms with Gasteiger partial charge in [-0.2, -0.15) is 0 Å². The average molecular weight is 994 g/mol. The van der Waals surface area contributed by atoms with Crippen LogP contribution in [0.25, 0.3) is 0 Å². The summed E-state index contributed by atoms with van der Waals surface area (Å²) in [5.41, 5.74) is 0. The van der Waals surface area contributed by atoms with Gasteiger partial charge in [-0.15, -0.1) is 0 Å². The van der Waals surface area contributed by atoms with Gasteiger partial charge in [0.2, 0.25) is 5.91 Å². The number of carbonyl (C=O) groups excluding carboxylic acids is 2. The van der Waals surface area contributed by atoms with Crippen LogP contribution in [0.15, 0.2) is 36.5 Å². The van der Waals surface area contributed by atoms with Crippen molar-refractivity contribution < 1.29 is 37.3 Å². The normalized spacial score (nSPS) is 14.0. The Morgan fingerprint density at radius 2 is 0.884 bits per heavy atom. The zero-order valence-corrected chi connectivity index (χ0v) is 47.2. The molecule has 0 saturated heterocycles. The SMILES string of the molecule is CCCCC/C=C\C/C=C\CCCCCCCCCC(=O)NC(COP(=O)([O-])OCC[N+](C)(C)C)C(/C=C/CCCCCCCCCCC)OC(=O)CCCCCCCCCCCCCCCCC. The van der Waals surface area contributed by atoms with Crippen LogP contribution in [0.4, 0.5) is 0 Å². The number of hydrogen-bond acceptors (Lipinski definition) is 7. The monoisotopic (exact) mass is 993 g/mol. The second-order valence-corrected chi connectivity index (χ2v) is 22.6. The molecule has 0 bridgehead atoms. The minimum Gasteiger partial charge on any atom is -0.756 e. The Morgan fingerprint density at radius 3 is 1.33 bits per heavy atom. The zero-order valence-electron chi connectivity index (χ0n) is 46.3. The Hall–Kier alpha value is -1.77. The maximum Gasteiger partial charge on any atom is 0.306 e. The predicted molar refractivity (Wildman–Crippen MR) is 293 cm³/mol. The summed E-state index contributed by atoms with van der Waals surface area (Å²) in [6, 6.07) is -0.887. The molecule has 0 aromatic heterocycles. The first kappa shape index (κ1) is 67.2. The summed E-state index contributed by atoms with van der Waals surface area (Å²) in [6.45, 7) is 6.82. The Morgan fingerprint density at radius 1 is 0.507 bits per heavy atom. The van der Waals surface area contributed by atoms with Crippen LogP contribution in [-0.4, -0.2) is 69.4 Å². The van der Waals surface area contributed by atoms with E-state index in [1.54, 1.807) is 0 Å². The lowest BCUT2D eigenvalue weighted by Gasteiger charge is -2.30. The van der Waals surface area contributed by atoms with Gasteiger partial charge in [0, 0.05) is 12.8 Å². The number of allylic oxidation sites excluding steroid dienone is 5. The first-order valence-electron chi connectivity index (χ1n) is 29.3. The van der Waals surface area contributed by atoms with Crippen molar-refractivity contribution >= 4 is 19.7 Å². The van der Waals surface area contributed by atoms with Gasteiger partial charge >= 0.3 is 5.97 Å². The van der Waals surface area contributed by atoms with E-state index < -0.39 is 20.0 Å². The van der Waals surface area contributed by atoms with Gasteiger partial charge in [-0.05, 0) is 63.9 Å². The molecule has 69 heavy (non-hydrogen) atoms. The van der Waals surface area contributed by atoms with E-state index in [2.05, 4.69) is 50.4 Å². The molecule has 0 spiro atoms. The number of likely N-dealkylation sites (N-methyl/N-ethyl adjacent to an activating group) is 1. The number of esters is 1. The third-order valence-corrected chi connectivity index (χ3v) is 14.0. The smallest absolute Gasteiger partial charge is 0.306 e. The summed E-state index contributed by atoms with van der Waals surface area (Å²) in [7, 11) is 1.19. The standard InChI is InChI=1S/C59H113N2O7P/c1-7-10-13-16-19-22-25-27-29-30-32-33-36-39-42-45-48-51-58(62)60-56(55-67-69(64,65)66-54-53-61(4,5)6)57(50-47-44-41-38-35-24-21-18-15-12-9-3)68-59(63)52-49-46-43-40-37-34-31-28-26-23-20-17-14-11-8-2/h19,22,27,29,47,50,56-57H,7-18,20-21,23-26,28,30-46,48-49,51-55H2,1-6H3,(H-,60,62,64,65)/b22-19-,29-27-,50-47+. The lowest BCUT2D eigenvalue weighted by Crippen LogP contribution is -2.47. The number of quaternary nitrogens is 1. The molecule has 0 aliphatic rings. The molecule has 0 aliphatic carbocycles. The van der Waals surface area contributed by atoms with Gasteiger partial charge in [0.25, 0.3) is 7.82 Å². The highest BCUT2D eigenvalue weighted by Gasteiger charge is 2.27. The van der Waals surface area contributed by atoms with E-state index in [1.807, 2.05) is 33.3 Å². The maximum absolute atomic E-state index is 13.5. The second kappa shape index (κ2) is 49.8. The van der Waals surface area contributed by atoms with Crippen molar-refractivity contribution in [2.75, 3.05) is 40.9 Å². The van der Waals surface area contributed by atoms with Gasteiger partial charge in [-0.25, -0.2) is 0 Å². The Kier molecular flexibility index (Phi) is 48.5. The predicted octanol–water partition coefficient (Wildman–Crippen LogP) is 16.9. The molecule has 1 amide bonds. The molecule has 9 nitrogen and oxygen atoms in total. The minimum atomic E-state index is -4.69. The van der Waals surface area contributed by atoms with Gasteiger partial charge in [0.1, 0.15) is 19.3 Å². The number of rotatable bonds is 53. The lowest BCUT2D eigenvalue weighted by molar-refractivity contribution is -0.870. The zero-order chi connectivity index (χ0) is 50.8. The molecule has 0 aromatic carbocycles. The van der Waals surface area contributed by atoms with Crippen LogP contribution in [0.3, 0.4) is 0 Å². The van der Waals surface area contributed by atoms with Crippen LogP contribution < -0.4 is 10.2 Å². The maximum atomic E-state index is 13.5. The molecule has 0 heterocycles. The molecule has 0 fully saturated rings. The number of amides is 1. The number of unbranched alkanes of at least 4 members (excludes halogenated alkanes) is 33. The van der Waals surface area contributed by atoms with Gasteiger partial charge in [-0.1, -0.05) is 237 Å². The number of nitrogens with zero attached hydrogens (tertiary/aromatic N) is 1. The van der Waals surface area contributed by atoms with E-state index in [-0.39, 0.29) is 31.5 Å². The molecule has 0 aromatic rings. The van der Waals surface area contributed by atoms with E-state index in [0.29, 0.717) is 17.4 Å². The number of ether oxygens (including phenoxy) is 1. The van der Waals surface area contributed by atoms with Crippen molar-refractivity contribution in [3.63, 3.8) is 0 Å². The lowest BCUT2D eigenvalue weighted by atomic mass is 10.0. The van der Waals surface area contributed by atoms with E-state index in [0.717, 1.165) is 77.0 Å². The highest BCUT2D eigenvalue weighted by molar-refractivity contribution is 7.45. The number of carbonyl (C=O) groups is 2. The molecular weight excluding hydrogens is 880 g/mol. The third-order valence-electron chi connectivity index (χ3n) is 13.1. The summed E-state index contributed by atoms with van der Waals surface area (Å²) in [5.74, 6) is -0.541. The molecule has 3 unspecified atom stereocenters. The van der Waals surface area contributed by atoms with Crippen LogP contribution >= 0.6 is 7.82 Å². The first-order chi connectivity index (χ1) is 33.4. The molecule has 10 heteroatoms. The summed E-state index contributed by atoms with van der Waals surface area (Å²) < 4.78 is 30.2. The topological polar surface area (TPSA) is 114 Å². The van der Waals surface area contributed by atoms with E-state index in [9.17, 15) is 19.0 Å². The van der Waals surface area contributed by atoms with Crippen molar-refractivity contribution in [3.05, 3.63) is 36.5 Å². The minimum absolute atomic E-state index is 0.0220. The summed E-state index contributed by atoms with van der Waals surface area (Å²) in [4.78, 5) is 39.8. The number of hydrogen-bond donors (Lipinski definition) is 1. The fraction of sp³-hybridized carbons (Fsp3) is 0.864. The van der Waals surface area contributed by atoms with Crippen LogP contribution in [0.1, 0.15) is 278 Å². The van der Waals surface area contributed by atoms with E-state index in [1.165, 1.54) is 167 Å². The molecule has 0 aliphatic heterocycles. The first-order valence-corrected chi connectivity index (χ1v) is 30.8. The molecule has 0 rings (SSSR count). The fourth-order valence-electron chi connectivity index (χ4n) is 8.49. The van der Waals surface area contributed by atoms with Crippen LogP contribution in [-0.2, 0) is 27.9 Å². The molecular formula is C59H113N2O7P. The summed E-state index contributed by atoms with van der Waals surface area (Å²) >= 11 is 0.